The summed E-state index contributed by atoms with van der Waals surface area (Å²) in [4.78, 5) is 16.2. The topological polar surface area (TPSA) is 75.4 Å². The van der Waals surface area contributed by atoms with E-state index in [1.165, 1.54) is 23.5 Å². The van der Waals surface area contributed by atoms with Gasteiger partial charge in [0, 0.05) is 36.8 Å². The molecule has 1 saturated carbocycles. The maximum absolute atomic E-state index is 13.5. The van der Waals surface area contributed by atoms with Crippen LogP contribution in [0.15, 0.2) is 41.2 Å². The van der Waals surface area contributed by atoms with Gasteiger partial charge in [-0.2, -0.15) is 13.2 Å². The molecule has 3 heterocycles. The molecule has 0 radical (unpaired) electrons. The minimum atomic E-state index is -4.37. The fourth-order valence-corrected chi connectivity index (χ4v) is 7.39. The zero-order valence-electron chi connectivity index (χ0n) is 20.6. The van der Waals surface area contributed by atoms with Crippen LogP contribution in [-0.4, -0.2) is 78.0 Å². The Balaban J connectivity index is 1.41. The molecule has 1 spiro atoms. The number of halogens is 3. The molecule has 2 fully saturated rings. The molecule has 2 bridgehead atoms. The first-order chi connectivity index (χ1) is 17.6. The van der Waals surface area contributed by atoms with Crippen LogP contribution in [0.5, 0.6) is 11.5 Å². The van der Waals surface area contributed by atoms with Gasteiger partial charge in [-0.3, -0.25) is 9.69 Å². The summed E-state index contributed by atoms with van der Waals surface area (Å²) in [6, 6.07) is 4.29. The van der Waals surface area contributed by atoms with E-state index in [4.69, 9.17) is 13.9 Å². The van der Waals surface area contributed by atoms with Gasteiger partial charge in [0.15, 0.2) is 11.5 Å². The van der Waals surface area contributed by atoms with Crippen LogP contribution in [0.2, 0.25) is 0 Å². The van der Waals surface area contributed by atoms with Crippen molar-refractivity contribution in [3.8, 4) is 11.5 Å². The van der Waals surface area contributed by atoms with Gasteiger partial charge in [-0.1, -0.05) is 6.07 Å². The van der Waals surface area contributed by atoms with Gasteiger partial charge in [0.05, 0.1) is 43.2 Å². The number of ether oxygens (including phenoxy) is 2. The highest BCUT2D eigenvalue weighted by atomic mass is 19.4. The summed E-state index contributed by atoms with van der Waals surface area (Å²) in [7, 11) is 3.25. The van der Waals surface area contributed by atoms with E-state index in [0.717, 1.165) is 16.7 Å². The third-order valence-corrected chi connectivity index (χ3v) is 8.94. The number of aliphatic hydroxyl groups is 1. The summed E-state index contributed by atoms with van der Waals surface area (Å²) in [6.45, 7) is -0.895. The van der Waals surface area contributed by atoms with Crippen molar-refractivity contribution in [1.29, 1.82) is 0 Å². The monoisotopic (exact) mass is 518 g/mol. The standard InChI is InChI=1S/C27H29F3N2O5/c1-31(21(33)6-3-16-8-12-36-14-16)18-7-9-26(34)20-13-17-4-5-19(35-2)23-22(17)25(26,24(18)37-23)10-11-32(20)15-27(28,29)30/h3-6,8,12,14,18,20,24,34H,7,9-11,13,15H2,1-2H3/b6-3+/t18-,20-,24+,25+,26-/m1/s1. The number of rotatable bonds is 5. The Labute approximate surface area is 212 Å². The highest BCUT2D eigenvalue weighted by Crippen LogP contribution is 2.66. The van der Waals surface area contributed by atoms with E-state index in [1.807, 2.05) is 6.07 Å². The number of likely N-dealkylation sites (tertiary alicyclic amines) is 1. The first-order valence-electron chi connectivity index (χ1n) is 12.5. The van der Waals surface area contributed by atoms with Crippen molar-refractivity contribution in [2.45, 2.75) is 61.1 Å². The smallest absolute Gasteiger partial charge is 0.401 e. The van der Waals surface area contributed by atoms with Crippen molar-refractivity contribution in [1.82, 2.24) is 9.80 Å². The summed E-state index contributed by atoms with van der Waals surface area (Å²) in [5.41, 5.74) is 0.0855. The van der Waals surface area contributed by atoms with Gasteiger partial charge in [0.25, 0.3) is 0 Å². The number of carbonyl (C=O) groups is 1. The van der Waals surface area contributed by atoms with Crippen LogP contribution in [0.3, 0.4) is 0 Å². The maximum Gasteiger partial charge on any atom is 0.401 e. The second-order valence-corrected chi connectivity index (χ2v) is 10.6. The largest absolute Gasteiger partial charge is 0.493 e. The highest BCUT2D eigenvalue weighted by Gasteiger charge is 2.73. The predicted octanol–water partition coefficient (Wildman–Crippen LogP) is 3.55. The van der Waals surface area contributed by atoms with E-state index in [-0.39, 0.29) is 31.3 Å². The zero-order chi connectivity index (χ0) is 26.2. The van der Waals surface area contributed by atoms with Gasteiger partial charge in [0.2, 0.25) is 5.91 Å². The molecule has 0 unspecified atom stereocenters. The summed E-state index contributed by atoms with van der Waals surface area (Å²) in [5.74, 6) is 0.822. The average Bonchev–Trinajstić information content (AvgIpc) is 3.49. The molecule has 1 saturated heterocycles. The molecule has 4 aliphatic rings. The fourth-order valence-electron chi connectivity index (χ4n) is 7.39. The second-order valence-electron chi connectivity index (χ2n) is 10.6. The number of amides is 1. The van der Waals surface area contributed by atoms with Crippen molar-refractivity contribution < 1.29 is 37.0 Å². The van der Waals surface area contributed by atoms with Gasteiger partial charge < -0.3 is 23.9 Å². The number of nitrogens with zero attached hydrogens (tertiary/aromatic N) is 2. The molecular weight excluding hydrogens is 489 g/mol. The number of carbonyl (C=O) groups excluding carboxylic acids is 1. The maximum atomic E-state index is 13.5. The molecule has 5 atom stereocenters. The number of piperidine rings is 1. The van der Waals surface area contributed by atoms with Crippen molar-refractivity contribution in [3.63, 3.8) is 0 Å². The molecule has 1 aromatic heterocycles. The quantitative estimate of drug-likeness (QED) is 0.611. The summed E-state index contributed by atoms with van der Waals surface area (Å²) < 4.78 is 57.7. The van der Waals surface area contributed by atoms with E-state index < -0.39 is 35.9 Å². The first-order valence-corrected chi connectivity index (χ1v) is 12.5. The second kappa shape index (κ2) is 8.26. The summed E-state index contributed by atoms with van der Waals surface area (Å²) in [5, 5.41) is 12.4. The molecule has 7 nitrogen and oxygen atoms in total. The van der Waals surface area contributed by atoms with E-state index in [0.29, 0.717) is 24.3 Å². The van der Waals surface area contributed by atoms with E-state index in [1.54, 1.807) is 37.3 Å². The fraction of sp³-hybridized carbons (Fsp3) is 0.519. The van der Waals surface area contributed by atoms with E-state index in [2.05, 4.69) is 0 Å². The molecule has 2 aliphatic heterocycles. The number of hydrogen-bond donors (Lipinski definition) is 1. The van der Waals surface area contributed by atoms with Gasteiger partial charge in [-0.05, 0) is 49.5 Å². The summed E-state index contributed by atoms with van der Waals surface area (Å²) in [6.07, 6.45) is 2.43. The predicted molar refractivity (Wildman–Crippen MR) is 127 cm³/mol. The van der Waals surface area contributed by atoms with Crippen molar-refractivity contribution in [2.75, 3.05) is 27.2 Å². The molecule has 2 aromatic rings. The number of alkyl halides is 3. The first kappa shape index (κ1) is 24.4. The molecule has 10 heteroatoms. The van der Waals surface area contributed by atoms with Crippen LogP contribution in [0.4, 0.5) is 13.2 Å². The highest BCUT2D eigenvalue weighted by molar-refractivity contribution is 5.92. The third-order valence-electron chi connectivity index (χ3n) is 8.94. The normalized spacial score (nSPS) is 32.2. The number of furan rings is 1. The Morgan fingerprint density at radius 3 is 2.84 bits per heavy atom. The van der Waals surface area contributed by atoms with Crippen molar-refractivity contribution in [3.05, 3.63) is 53.5 Å². The van der Waals surface area contributed by atoms with Gasteiger partial charge in [-0.25, -0.2) is 0 Å². The van der Waals surface area contributed by atoms with Gasteiger partial charge in [-0.15, -0.1) is 0 Å². The lowest BCUT2D eigenvalue weighted by Gasteiger charge is -2.64. The molecular formula is C27H29F3N2O5. The van der Waals surface area contributed by atoms with E-state index in [9.17, 15) is 23.1 Å². The Hall–Kier alpha value is -2.98. The summed E-state index contributed by atoms with van der Waals surface area (Å²) >= 11 is 0. The molecule has 2 aliphatic carbocycles. The SMILES string of the molecule is COc1ccc2c3c1O[C@H]1[C@H](N(C)C(=O)/C=C/c4ccoc4)CC[C@@]4(O)[C@@H](C2)N(CC(F)(F)F)CC[C@]314. The molecule has 1 aromatic carbocycles. The lowest BCUT2D eigenvalue weighted by atomic mass is 9.48. The Morgan fingerprint density at radius 1 is 1.32 bits per heavy atom. The van der Waals surface area contributed by atoms with Crippen LogP contribution < -0.4 is 9.47 Å². The van der Waals surface area contributed by atoms with Crippen LogP contribution >= 0.6 is 0 Å². The van der Waals surface area contributed by atoms with Gasteiger partial charge in [0.1, 0.15) is 6.10 Å². The van der Waals surface area contributed by atoms with Crippen molar-refractivity contribution >= 4 is 12.0 Å². The van der Waals surface area contributed by atoms with Crippen molar-refractivity contribution in [2.24, 2.45) is 0 Å². The van der Waals surface area contributed by atoms with Crippen LogP contribution in [0.1, 0.15) is 36.0 Å². The minimum absolute atomic E-state index is 0.174. The average molecular weight is 519 g/mol. The minimum Gasteiger partial charge on any atom is -0.493 e. The molecule has 1 amide bonds. The van der Waals surface area contributed by atoms with Gasteiger partial charge >= 0.3 is 6.18 Å². The number of methoxy groups -OCH3 is 1. The number of hydrogen-bond acceptors (Lipinski definition) is 6. The van der Waals surface area contributed by atoms with E-state index >= 15 is 0 Å². The zero-order valence-corrected chi connectivity index (χ0v) is 20.6. The lowest BCUT2D eigenvalue weighted by molar-refractivity contribution is -0.221. The Kier molecular flexibility index (Phi) is 5.44. The Morgan fingerprint density at radius 2 is 2.14 bits per heavy atom. The number of likely N-dealkylation sites (N-methyl/N-ethyl adjacent to an activating group) is 1. The van der Waals surface area contributed by atoms with Crippen LogP contribution in [0.25, 0.3) is 6.08 Å². The molecule has 37 heavy (non-hydrogen) atoms. The molecule has 1 N–H and O–H groups in total. The van der Waals surface area contributed by atoms with Crippen LogP contribution in [0, 0.1) is 0 Å². The lowest BCUT2D eigenvalue weighted by Crippen LogP contribution is -2.78. The molecule has 6 rings (SSSR count). The molecule has 198 valence electrons. The number of benzene rings is 1. The van der Waals surface area contributed by atoms with Crippen LogP contribution in [-0.2, 0) is 16.6 Å². The Bertz CT molecular complexity index is 1250. The third kappa shape index (κ3) is 3.45.